The number of amides is 1. The van der Waals surface area contributed by atoms with E-state index in [9.17, 15) is 4.79 Å². The summed E-state index contributed by atoms with van der Waals surface area (Å²) in [5, 5.41) is 2.79. The van der Waals surface area contributed by atoms with E-state index in [4.69, 9.17) is 0 Å². The van der Waals surface area contributed by atoms with Gasteiger partial charge in [-0.3, -0.25) is 10.1 Å². The third kappa shape index (κ3) is 3.00. The van der Waals surface area contributed by atoms with Crippen LogP contribution in [0.25, 0.3) is 0 Å². The second-order valence-corrected chi connectivity index (χ2v) is 4.70. The van der Waals surface area contributed by atoms with E-state index in [1.54, 1.807) is 12.4 Å². The van der Waals surface area contributed by atoms with Gasteiger partial charge < -0.3 is 9.55 Å². The van der Waals surface area contributed by atoms with Crippen molar-refractivity contribution in [1.29, 1.82) is 0 Å². The largest absolute Gasteiger partial charge is 0.342 e. The van der Waals surface area contributed by atoms with Crippen molar-refractivity contribution < 1.29 is 4.79 Å². The molecule has 5 nitrogen and oxygen atoms in total. The summed E-state index contributed by atoms with van der Waals surface area (Å²) in [6, 6.07) is 3.64. The van der Waals surface area contributed by atoms with Crippen LogP contribution in [-0.2, 0) is 4.79 Å². The fourth-order valence-corrected chi connectivity index (χ4v) is 1.90. The second-order valence-electron chi connectivity index (χ2n) is 4.70. The van der Waals surface area contributed by atoms with Gasteiger partial charge in [-0.1, -0.05) is 13.8 Å². The van der Waals surface area contributed by atoms with Crippen LogP contribution in [0.2, 0.25) is 0 Å². The molecule has 18 heavy (non-hydrogen) atoms. The quantitative estimate of drug-likeness (QED) is 0.851. The Morgan fingerprint density at radius 1 is 1.44 bits per heavy atom. The molecule has 1 unspecified atom stereocenters. The third-order valence-corrected chi connectivity index (χ3v) is 2.72. The highest BCUT2D eigenvalue weighted by molar-refractivity contribution is 5.92. The zero-order valence-corrected chi connectivity index (χ0v) is 10.6. The fourth-order valence-electron chi connectivity index (χ4n) is 1.90. The van der Waals surface area contributed by atoms with Crippen molar-refractivity contribution in [3.63, 3.8) is 0 Å². The first-order valence-electron chi connectivity index (χ1n) is 6.09. The highest BCUT2D eigenvalue weighted by Gasteiger charge is 2.21. The number of aromatic nitrogens is 3. The van der Waals surface area contributed by atoms with Crippen LogP contribution in [0, 0.1) is 5.92 Å². The smallest absolute Gasteiger partial charge is 0.249 e. The Balaban J connectivity index is 2.11. The Kier molecular flexibility index (Phi) is 3.82. The summed E-state index contributed by atoms with van der Waals surface area (Å²) in [4.78, 5) is 19.1. The Labute approximate surface area is 106 Å². The topological polar surface area (TPSA) is 62.7 Å². The first-order valence-corrected chi connectivity index (χ1v) is 6.09. The van der Waals surface area contributed by atoms with E-state index in [0.29, 0.717) is 11.9 Å². The molecular formula is C13H18N4O. The van der Waals surface area contributed by atoms with Gasteiger partial charge in [-0.2, -0.15) is 0 Å². The first-order chi connectivity index (χ1) is 8.66. The van der Waals surface area contributed by atoms with Crippen LogP contribution in [0.5, 0.6) is 0 Å². The summed E-state index contributed by atoms with van der Waals surface area (Å²) in [7, 11) is 0. The molecule has 0 radical (unpaired) electrons. The van der Waals surface area contributed by atoms with Gasteiger partial charge in [0.1, 0.15) is 6.04 Å². The standard InChI is InChI=1S/C13H18N4O/c1-10(2)9-11(17-7-3-4-8-17)12(18)16-13-14-5-6-15-13/h3-8,10-11H,9H2,1-2H3,(H2,14,15,16,18). The lowest BCUT2D eigenvalue weighted by atomic mass is 10.0. The molecule has 0 spiro atoms. The average Bonchev–Trinajstić information content (AvgIpc) is 2.97. The predicted octanol–water partition coefficient (Wildman–Crippen LogP) is 2.44. The Morgan fingerprint density at radius 2 is 2.17 bits per heavy atom. The van der Waals surface area contributed by atoms with Crippen molar-refractivity contribution >= 4 is 11.9 Å². The molecule has 2 heterocycles. The number of carbonyl (C=O) groups excluding carboxylic acids is 1. The molecule has 0 bridgehead atoms. The van der Waals surface area contributed by atoms with Crippen molar-refractivity contribution in [2.45, 2.75) is 26.3 Å². The van der Waals surface area contributed by atoms with Crippen LogP contribution in [0.4, 0.5) is 5.95 Å². The Bertz CT molecular complexity index is 473. The van der Waals surface area contributed by atoms with Crippen molar-refractivity contribution in [3.8, 4) is 0 Å². The molecular weight excluding hydrogens is 228 g/mol. The highest BCUT2D eigenvalue weighted by Crippen LogP contribution is 2.19. The fraction of sp³-hybridized carbons (Fsp3) is 0.385. The maximum Gasteiger partial charge on any atom is 0.249 e. The summed E-state index contributed by atoms with van der Waals surface area (Å²) < 4.78 is 1.93. The zero-order valence-electron chi connectivity index (χ0n) is 10.6. The lowest BCUT2D eigenvalue weighted by Gasteiger charge is -2.19. The molecule has 0 fully saturated rings. The molecule has 0 aliphatic heterocycles. The van der Waals surface area contributed by atoms with Gasteiger partial charge in [-0.15, -0.1) is 0 Å². The van der Waals surface area contributed by atoms with Crippen LogP contribution < -0.4 is 5.32 Å². The maximum atomic E-state index is 12.3. The molecule has 5 heteroatoms. The average molecular weight is 246 g/mol. The van der Waals surface area contributed by atoms with Gasteiger partial charge in [-0.25, -0.2) is 4.98 Å². The molecule has 2 N–H and O–H groups in total. The van der Waals surface area contributed by atoms with E-state index in [1.165, 1.54) is 0 Å². The number of hydrogen-bond acceptors (Lipinski definition) is 2. The van der Waals surface area contributed by atoms with Gasteiger partial charge in [0.25, 0.3) is 0 Å². The molecule has 0 aliphatic carbocycles. The molecule has 1 amide bonds. The van der Waals surface area contributed by atoms with E-state index in [0.717, 1.165) is 6.42 Å². The normalized spacial score (nSPS) is 12.6. The number of rotatable bonds is 5. The minimum atomic E-state index is -0.204. The molecule has 0 aromatic carbocycles. The third-order valence-electron chi connectivity index (χ3n) is 2.72. The van der Waals surface area contributed by atoms with Crippen LogP contribution in [0.3, 0.4) is 0 Å². The number of H-pyrrole nitrogens is 1. The van der Waals surface area contributed by atoms with Crippen molar-refractivity contribution in [2.75, 3.05) is 5.32 Å². The van der Waals surface area contributed by atoms with Crippen molar-refractivity contribution in [2.24, 2.45) is 5.92 Å². The van der Waals surface area contributed by atoms with E-state index >= 15 is 0 Å². The van der Waals surface area contributed by atoms with Gasteiger partial charge in [0.2, 0.25) is 11.9 Å². The molecule has 2 aromatic heterocycles. The van der Waals surface area contributed by atoms with Crippen LogP contribution in [0.15, 0.2) is 36.9 Å². The van der Waals surface area contributed by atoms with Gasteiger partial charge in [-0.05, 0) is 24.5 Å². The number of nitrogens with zero attached hydrogens (tertiary/aromatic N) is 2. The zero-order chi connectivity index (χ0) is 13.0. The number of aromatic amines is 1. The molecule has 0 saturated carbocycles. The maximum absolute atomic E-state index is 12.3. The van der Waals surface area contributed by atoms with E-state index in [-0.39, 0.29) is 11.9 Å². The number of nitrogens with one attached hydrogen (secondary N) is 2. The van der Waals surface area contributed by atoms with E-state index in [1.807, 2.05) is 29.1 Å². The summed E-state index contributed by atoms with van der Waals surface area (Å²) in [5.74, 6) is 0.885. The Morgan fingerprint density at radius 3 is 2.72 bits per heavy atom. The molecule has 2 aromatic rings. The second kappa shape index (κ2) is 5.53. The number of imidazole rings is 1. The van der Waals surface area contributed by atoms with Crippen LogP contribution in [0.1, 0.15) is 26.3 Å². The summed E-state index contributed by atoms with van der Waals surface area (Å²) >= 11 is 0. The van der Waals surface area contributed by atoms with Gasteiger partial charge >= 0.3 is 0 Å². The molecule has 0 aliphatic rings. The van der Waals surface area contributed by atoms with Gasteiger partial charge in [0, 0.05) is 24.8 Å². The molecule has 1 atom stereocenters. The minimum Gasteiger partial charge on any atom is -0.342 e. The SMILES string of the molecule is CC(C)CC(C(=O)Nc1ncc[nH]1)n1cccc1. The van der Waals surface area contributed by atoms with Gasteiger partial charge in [0.05, 0.1) is 0 Å². The van der Waals surface area contributed by atoms with Crippen molar-refractivity contribution in [3.05, 3.63) is 36.9 Å². The lowest BCUT2D eigenvalue weighted by Crippen LogP contribution is -2.27. The number of anilines is 1. The van der Waals surface area contributed by atoms with E-state index < -0.39 is 0 Å². The van der Waals surface area contributed by atoms with Crippen molar-refractivity contribution in [1.82, 2.24) is 14.5 Å². The van der Waals surface area contributed by atoms with Crippen LogP contribution in [-0.4, -0.2) is 20.4 Å². The molecule has 0 saturated heterocycles. The minimum absolute atomic E-state index is 0.0464. The molecule has 2 rings (SSSR count). The Hall–Kier alpha value is -2.04. The number of hydrogen-bond donors (Lipinski definition) is 2. The predicted molar refractivity (Wildman–Crippen MR) is 70.1 cm³/mol. The lowest BCUT2D eigenvalue weighted by molar-refractivity contribution is -0.119. The first kappa shape index (κ1) is 12.4. The number of carbonyl (C=O) groups is 1. The highest BCUT2D eigenvalue weighted by atomic mass is 16.2. The van der Waals surface area contributed by atoms with E-state index in [2.05, 4.69) is 29.1 Å². The summed E-state index contributed by atoms with van der Waals surface area (Å²) in [6.45, 7) is 4.22. The monoisotopic (exact) mass is 246 g/mol. The summed E-state index contributed by atoms with van der Waals surface area (Å²) in [6.07, 6.45) is 7.91. The van der Waals surface area contributed by atoms with Gasteiger partial charge in [0.15, 0.2) is 0 Å². The van der Waals surface area contributed by atoms with Crippen LogP contribution >= 0.6 is 0 Å². The summed E-state index contributed by atoms with van der Waals surface area (Å²) in [5.41, 5.74) is 0. The molecule has 96 valence electrons.